The minimum atomic E-state index is 0.598. The third-order valence-corrected chi connectivity index (χ3v) is 4.81. The first-order valence-electron chi connectivity index (χ1n) is 7.09. The van der Waals surface area contributed by atoms with Crippen LogP contribution in [0.5, 0.6) is 0 Å². The second kappa shape index (κ2) is 6.18. The van der Waals surface area contributed by atoms with E-state index in [0.29, 0.717) is 12.1 Å². The maximum absolute atomic E-state index is 3.68. The summed E-state index contributed by atoms with van der Waals surface area (Å²) in [5.41, 5.74) is 1.45. The number of nitrogens with one attached hydrogen (secondary N) is 1. The summed E-state index contributed by atoms with van der Waals surface area (Å²) in [5.74, 6) is 0. The number of hydrogen-bond acceptors (Lipinski definition) is 3. The van der Waals surface area contributed by atoms with Crippen LogP contribution in [-0.4, -0.2) is 30.1 Å². The molecule has 3 heteroatoms. The first-order chi connectivity index (χ1) is 8.54. The Morgan fingerprint density at radius 3 is 2.83 bits per heavy atom. The van der Waals surface area contributed by atoms with Gasteiger partial charge in [-0.25, -0.2) is 0 Å². The van der Waals surface area contributed by atoms with E-state index in [4.69, 9.17) is 0 Å². The average Bonchev–Trinajstić information content (AvgIpc) is 2.57. The van der Waals surface area contributed by atoms with Crippen LogP contribution in [0.15, 0.2) is 6.07 Å². The molecule has 1 N–H and O–H groups in total. The summed E-state index contributed by atoms with van der Waals surface area (Å²) < 4.78 is 0. The van der Waals surface area contributed by atoms with Crippen LogP contribution in [0.4, 0.5) is 0 Å². The van der Waals surface area contributed by atoms with Crippen LogP contribution in [0.2, 0.25) is 0 Å². The van der Waals surface area contributed by atoms with E-state index in [2.05, 4.69) is 44.0 Å². The Hall–Kier alpha value is -0.380. The molecule has 2 nitrogen and oxygen atoms in total. The first-order valence-corrected chi connectivity index (χ1v) is 7.90. The van der Waals surface area contributed by atoms with Gasteiger partial charge in [-0.05, 0) is 44.9 Å². The van der Waals surface area contributed by atoms with Crippen molar-refractivity contribution in [1.82, 2.24) is 10.2 Å². The molecule has 0 spiro atoms. The van der Waals surface area contributed by atoms with E-state index in [-0.39, 0.29) is 0 Å². The maximum Gasteiger partial charge on any atom is 0.0328 e. The molecule has 1 unspecified atom stereocenters. The van der Waals surface area contributed by atoms with Crippen molar-refractivity contribution in [2.75, 3.05) is 13.1 Å². The molecule has 1 aromatic heterocycles. The van der Waals surface area contributed by atoms with Crippen LogP contribution in [0.3, 0.4) is 0 Å². The zero-order valence-corrected chi connectivity index (χ0v) is 12.9. The van der Waals surface area contributed by atoms with Crippen molar-refractivity contribution in [2.45, 2.75) is 59.2 Å². The zero-order valence-electron chi connectivity index (χ0n) is 12.1. The molecule has 102 valence electrons. The van der Waals surface area contributed by atoms with Gasteiger partial charge in [0.25, 0.3) is 0 Å². The summed E-state index contributed by atoms with van der Waals surface area (Å²) in [4.78, 5) is 5.60. The van der Waals surface area contributed by atoms with E-state index in [1.807, 2.05) is 11.3 Å². The predicted octanol–water partition coefficient (Wildman–Crippen LogP) is 3.33. The molecule has 1 aromatic rings. The highest BCUT2D eigenvalue weighted by Gasteiger charge is 2.20. The van der Waals surface area contributed by atoms with Crippen LogP contribution < -0.4 is 5.32 Å². The maximum atomic E-state index is 3.68. The molecule has 18 heavy (non-hydrogen) atoms. The number of hydrogen-bond donors (Lipinski definition) is 1. The SMILES string of the molecule is Cc1cc(CN2CCCC(NC(C)C)C2)sc1C. The molecule has 1 aliphatic heterocycles. The Morgan fingerprint density at radius 1 is 1.44 bits per heavy atom. The molecule has 1 aliphatic rings. The van der Waals surface area contributed by atoms with Gasteiger partial charge in [-0.1, -0.05) is 13.8 Å². The van der Waals surface area contributed by atoms with Gasteiger partial charge in [0.1, 0.15) is 0 Å². The van der Waals surface area contributed by atoms with Crippen molar-refractivity contribution in [3.05, 3.63) is 21.4 Å². The van der Waals surface area contributed by atoms with E-state index in [9.17, 15) is 0 Å². The van der Waals surface area contributed by atoms with E-state index >= 15 is 0 Å². The number of piperidine rings is 1. The highest BCUT2D eigenvalue weighted by molar-refractivity contribution is 7.12. The van der Waals surface area contributed by atoms with Gasteiger partial charge >= 0.3 is 0 Å². The minimum absolute atomic E-state index is 0.598. The highest BCUT2D eigenvalue weighted by atomic mass is 32.1. The smallest absolute Gasteiger partial charge is 0.0328 e. The normalized spacial score (nSPS) is 21.7. The lowest BCUT2D eigenvalue weighted by Gasteiger charge is -2.34. The molecule has 0 aromatic carbocycles. The highest BCUT2D eigenvalue weighted by Crippen LogP contribution is 2.23. The standard InChI is InChI=1S/C15H26N2S/c1-11(2)16-14-6-5-7-17(9-14)10-15-8-12(3)13(4)18-15/h8,11,14,16H,5-7,9-10H2,1-4H3. The Balaban J connectivity index is 1.89. The van der Waals surface area contributed by atoms with Crippen molar-refractivity contribution < 1.29 is 0 Å². The lowest BCUT2D eigenvalue weighted by atomic mass is 10.0. The van der Waals surface area contributed by atoms with Crippen LogP contribution in [-0.2, 0) is 6.54 Å². The molecule has 0 saturated carbocycles. The second-order valence-electron chi connectivity index (χ2n) is 5.85. The lowest BCUT2D eigenvalue weighted by Crippen LogP contribution is -2.47. The summed E-state index contributed by atoms with van der Waals surface area (Å²) in [5, 5.41) is 3.68. The van der Waals surface area contributed by atoms with Gasteiger partial charge in [0.05, 0.1) is 0 Å². The van der Waals surface area contributed by atoms with Crippen LogP contribution in [0, 0.1) is 13.8 Å². The Labute approximate surface area is 115 Å². The molecule has 1 fully saturated rings. The fourth-order valence-electron chi connectivity index (χ4n) is 2.75. The summed E-state index contributed by atoms with van der Waals surface area (Å²) in [7, 11) is 0. The van der Waals surface area contributed by atoms with E-state index in [0.717, 1.165) is 6.54 Å². The van der Waals surface area contributed by atoms with E-state index < -0.39 is 0 Å². The van der Waals surface area contributed by atoms with Gasteiger partial charge in [0, 0.05) is 34.9 Å². The summed E-state index contributed by atoms with van der Waals surface area (Å²) in [6.07, 6.45) is 2.66. The predicted molar refractivity (Wildman–Crippen MR) is 80.4 cm³/mol. The third kappa shape index (κ3) is 3.81. The quantitative estimate of drug-likeness (QED) is 0.899. The average molecular weight is 266 g/mol. The van der Waals surface area contributed by atoms with Crippen molar-refractivity contribution in [3.63, 3.8) is 0 Å². The fraction of sp³-hybridized carbons (Fsp3) is 0.733. The first kappa shape index (κ1) is 14.0. The fourth-order valence-corrected chi connectivity index (χ4v) is 3.85. The third-order valence-electron chi connectivity index (χ3n) is 3.67. The molecular formula is C15H26N2S. The second-order valence-corrected chi connectivity index (χ2v) is 7.19. The number of nitrogens with zero attached hydrogens (tertiary/aromatic N) is 1. The summed E-state index contributed by atoms with van der Waals surface area (Å²) in [6.45, 7) is 12.5. The van der Waals surface area contributed by atoms with E-state index in [1.54, 1.807) is 0 Å². The topological polar surface area (TPSA) is 15.3 Å². The molecular weight excluding hydrogens is 240 g/mol. The summed E-state index contributed by atoms with van der Waals surface area (Å²) >= 11 is 1.96. The largest absolute Gasteiger partial charge is 0.311 e. The minimum Gasteiger partial charge on any atom is -0.311 e. The number of likely N-dealkylation sites (tertiary alicyclic amines) is 1. The van der Waals surface area contributed by atoms with Crippen LogP contribution >= 0.6 is 11.3 Å². The Morgan fingerprint density at radius 2 is 2.22 bits per heavy atom. The van der Waals surface area contributed by atoms with Gasteiger partial charge in [0.2, 0.25) is 0 Å². The Kier molecular flexibility index (Phi) is 4.82. The molecule has 0 bridgehead atoms. The van der Waals surface area contributed by atoms with Crippen molar-refractivity contribution in [2.24, 2.45) is 0 Å². The molecule has 0 amide bonds. The monoisotopic (exact) mass is 266 g/mol. The number of rotatable bonds is 4. The van der Waals surface area contributed by atoms with Gasteiger partial charge in [-0.15, -0.1) is 11.3 Å². The lowest BCUT2D eigenvalue weighted by molar-refractivity contribution is 0.180. The van der Waals surface area contributed by atoms with Gasteiger partial charge in [-0.3, -0.25) is 4.90 Å². The van der Waals surface area contributed by atoms with Gasteiger partial charge < -0.3 is 5.32 Å². The number of aryl methyl sites for hydroxylation is 2. The van der Waals surface area contributed by atoms with Crippen molar-refractivity contribution >= 4 is 11.3 Å². The number of thiophene rings is 1. The van der Waals surface area contributed by atoms with Crippen LogP contribution in [0.1, 0.15) is 42.0 Å². The summed E-state index contributed by atoms with van der Waals surface area (Å²) in [6, 6.07) is 3.64. The molecule has 2 rings (SSSR count). The van der Waals surface area contributed by atoms with Gasteiger partial charge in [-0.2, -0.15) is 0 Å². The van der Waals surface area contributed by atoms with E-state index in [1.165, 1.54) is 41.2 Å². The van der Waals surface area contributed by atoms with Crippen LogP contribution in [0.25, 0.3) is 0 Å². The Bertz CT molecular complexity index is 364. The molecule has 0 aliphatic carbocycles. The molecule has 1 atom stereocenters. The van der Waals surface area contributed by atoms with Gasteiger partial charge in [0.15, 0.2) is 0 Å². The molecule has 2 heterocycles. The zero-order chi connectivity index (χ0) is 13.1. The molecule has 0 radical (unpaired) electrons. The molecule has 1 saturated heterocycles. The van der Waals surface area contributed by atoms with Crippen molar-refractivity contribution in [1.29, 1.82) is 0 Å². The van der Waals surface area contributed by atoms with Crippen molar-refractivity contribution in [3.8, 4) is 0 Å².